The van der Waals surface area contributed by atoms with E-state index in [1.54, 1.807) is 6.07 Å². The van der Waals surface area contributed by atoms with Crippen molar-refractivity contribution < 1.29 is 14.3 Å². The standard InChI is InChI=1S/C18H21N3O4S/c1-25-17(24)11-6-7-13-14(10-11)20-18(26)21(16(13)23)9-8-15(22)19-12-4-2-3-5-12/h6-7,10,12H,2-5,8-9H2,1H3,(H,19,22)(H,20,26). The molecule has 26 heavy (non-hydrogen) atoms. The molecule has 1 heterocycles. The SMILES string of the molecule is COC(=O)c1ccc2c(=O)n(CCC(=O)NC3CCCC3)c(=S)[nH]c2c1. The number of carbonyl (C=O) groups excluding carboxylic acids is 2. The van der Waals surface area contributed by atoms with E-state index in [-0.39, 0.29) is 35.2 Å². The van der Waals surface area contributed by atoms with Gasteiger partial charge in [0.2, 0.25) is 5.91 Å². The Labute approximate surface area is 155 Å². The van der Waals surface area contributed by atoms with Gasteiger partial charge in [0.1, 0.15) is 0 Å². The van der Waals surface area contributed by atoms with E-state index in [2.05, 4.69) is 15.0 Å². The van der Waals surface area contributed by atoms with Crippen molar-refractivity contribution in [2.45, 2.75) is 44.7 Å². The molecule has 138 valence electrons. The number of rotatable bonds is 5. The topological polar surface area (TPSA) is 93.2 Å². The molecule has 1 fully saturated rings. The first-order valence-corrected chi connectivity index (χ1v) is 9.05. The lowest BCUT2D eigenvalue weighted by atomic mass is 10.1. The number of ether oxygens (including phenoxy) is 1. The molecule has 0 radical (unpaired) electrons. The average Bonchev–Trinajstić information content (AvgIpc) is 3.13. The van der Waals surface area contributed by atoms with E-state index in [0.29, 0.717) is 16.5 Å². The minimum absolute atomic E-state index is 0.0701. The van der Waals surface area contributed by atoms with Crippen LogP contribution in [0.4, 0.5) is 0 Å². The molecule has 1 aliphatic carbocycles. The minimum Gasteiger partial charge on any atom is -0.465 e. The van der Waals surface area contributed by atoms with Crippen LogP contribution in [0.25, 0.3) is 10.9 Å². The lowest BCUT2D eigenvalue weighted by Gasteiger charge is -2.13. The molecule has 1 aliphatic rings. The summed E-state index contributed by atoms with van der Waals surface area (Å²) in [7, 11) is 1.29. The number of esters is 1. The molecule has 8 heteroatoms. The highest BCUT2D eigenvalue weighted by Crippen LogP contribution is 2.17. The van der Waals surface area contributed by atoms with E-state index in [4.69, 9.17) is 12.2 Å². The molecule has 0 bridgehead atoms. The molecule has 1 amide bonds. The summed E-state index contributed by atoms with van der Waals surface area (Å²) in [6.07, 6.45) is 4.52. The third-order valence-electron chi connectivity index (χ3n) is 4.69. The number of carbonyl (C=O) groups is 2. The van der Waals surface area contributed by atoms with Gasteiger partial charge in [-0.15, -0.1) is 0 Å². The Balaban J connectivity index is 1.80. The van der Waals surface area contributed by atoms with Crippen molar-refractivity contribution in [3.05, 3.63) is 38.9 Å². The molecular weight excluding hydrogens is 354 g/mol. The molecule has 0 spiro atoms. The number of hydrogen-bond acceptors (Lipinski definition) is 5. The van der Waals surface area contributed by atoms with Crippen molar-refractivity contribution in [3.63, 3.8) is 0 Å². The van der Waals surface area contributed by atoms with E-state index in [9.17, 15) is 14.4 Å². The minimum atomic E-state index is -0.487. The predicted molar refractivity (Wildman–Crippen MR) is 99.7 cm³/mol. The summed E-state index contributed by atoms with van der Waals surface area (Å²) >= 11 is 5.26. The van der Waals surface area contributed by atoms with E-state index in [0.717, 1.165) is 25.7 Å². The fourth-order valence-corrected chi connectivity index (χ4v) is 3.57. The molecule has 1 aromatic carbocycles. The third-order valence-corrected chi connectivity index (χ3v) is 5.01. The first-order chi connectivity index (χ1) is 12.5. The number of aromatic nitrogens is 2. The predicted octanol–water partition coefficient (Wildman–Crippen LogP) is 2.29. The summed E-state index contributed by atoms with van der Waals surface area (Å²) < 4.78 is 6.28. The van der Waals surface area contributed by atoms with Crippen LogP contribution in [-0.2, 0) is 16.1 Å². The summed E-state index contributed by atoms with van der Waals surface area (Å²) in [6, 6.07) is 4.88. The van der Waals surface area contributed by atoms with Crippen LogP contribution in [-0.4, -0.2) is 34.6 Å². The summed E-state index contributed by atoms with van der Waals surface area (Å²) in [5, 5.41) is 3.41. The quantitative estimate of drug-likeness (QED) is 0.618. The molecule has 7 nitrogen and oxygen atoms in total. The van der Waals surface area contributed by atoms with Crippen molar-refractivity contribution in [1.29, 1.82) is 0 Å². The van der Waals surface area contributed by atoms with Gasteiger partial charge in [0, 0.05) is 19.0 Å². The Hall–Kier alpha value is -2.48. The molecule has 0 aliphatic heterocycles. The van der Waals surface area contributed by atoms with Crippen LogP contribution in [0.5, 0.6) is 0 Å². The number of aromatic amines is 1. The Morgan fingerprint density at radius 1 is 1.35 bits per heavy atom. The highest BCUT2D eigenvalue weighted by molar-refractivity contribution is 7.71. The second kappa shape index (κ2) is 7.82. The van der Waals surface area contributed by atoms with E-state index in [1.807, 2.05) is 0 Å². The van der Waals surface area contributed by atoms with E-state index in [1.165, 1.54) is 23.8 Å². The van der Waals surface area contributed by atoms with Crippen LogP contribution >= 0.6 is 12.2 Å². The number of H-pyrrole nitrogens is 1. The smallest absolute Gasteiger partial charge is 0.337 e. The second-order valence-electron chi connectivity index (χ2n) is 6.44. The highest BCUT2D eigenvalue weighted by atomic mass is 32.1. The van der Waals surface area contributed by atoms with Crippen LogP contribution in [0.2, 0.25) is 0 Å². The van der Waals surface area contributed by atoms with Crippen molar-refractivity contribution in [3.8, 4) is 0 Å². The number of nitrogens with zero attached hydrogens (tertiary/aromatic N) is 1. The van der Waals surface area contributed by atoms with Gasteiger partial charge in [-0.2, -0.15) is 0 Å². The normalized spacial score (nSPS) is 14.5. The van der Waals surface area contributed by atoms with Crippen molar-refractivity contribution >= 4 is 35.0 Å². The largest absolute Gasteiger partial charge is 0.465 e. The number of amides is 1. The molecule has 1 saturated carbocycles. The average molecular weight is 375 g/mol. The fourth-order valence-electron chi connectivity index (χ4n) is 3.29. The van der Waals surface area contributed by atoms with Crippen molar-refractivity contribution in [1.82, 2.24) is 14.9 Å². The van der Waals surface area contributed by atoms with E-state index < -0.39 is 5.97 Å². The highest BCUT2D eigenvalue weighted by Gasteiger charge is 2.17. The second-order valence-corrected chi connectivity index (χ2v) is 6.82. The molecule has 0 unspecified atom stereocenters. The van der Waals surface area contributed by atoms with Gasteiger partial charge in [-0.1, -0.05) is 12.8 Å². The molecule has 0 atom stereocenters. The summed E-state index contributed by atoms with van der Waals surface area (Å²) in [4.78, 5) is 39.4. The Morgan fingerprint density at radius 2 is 2.08 bits per heavy atom. The van der Waals surface area contributed by atoms with Crippen LogP contribution < -0.4 is 10.9 Å². The molecule has 2 N–H and O–H groups in total. The van der Waals surface area contributed by atoms with Crippen LogP contribution in [0.1, 0.15) is 42.5 Å². The zero-order valence-corrected chi connectivity index (χ0v) is 15.4. The van der Waals surface area contributed by atoms with E-state index >= 15 is 0 Å². The summed E-state index contributed by atoms with van der Waals surface area (Å²) in [5.41, 5.74) is 0.516. The lowest BCUT2D eigenvalue weighted by molar-refractivity contribution is -0.122. The van der Waals surface area contributed by atoms with Gasteiger partial charge in [0.25, 0.3) is 5.56 Å². The summed E-state index contributed by atoms with van der Waals surface area (Å²) in [5.74, 6) is -0.557. The van der Waals surface area contributed by atoms with Gasteiger partial charge in [-0.25, -0.2) is 4.79 Å². The van der Waals surface area contributed by atoms with Crippen LogP contribution in [0.3, 0.4) is 0 Å². The molecule has 2 aromatic rings. The maximum atomic E-state index is 12.7. The molecular formula is C18H21N3O4S. The van der Waals surface area contributed by atoms with Gasteiger partial charge >= 0.3 is 5.97 Å². The van der Waals surface area contributed by atoms with Crippen LogP contribution in [0.15, 0.2) is 23.0 Å². The van der Waals surface area contributed by atoms with Gasteiger partial charge in [-0.05, 0) is 43.3 Å². The maximum Gasteiger partial charge on any atom is 0.337 e. The number of nitrogens with one attached hydrogen (secondary N) is 2. The zero-order valence-electron chi connectivity index (χ0n) is 14.5. The van der Waals surface area contributed by atoms with Crippen molar-refractivity contribution in [2.24, 2.45) is 0 Å². The fraction of sp³-hybridized carbons (Fsp3) is 0.444. The molecule has 0 saturated heterocycles. The first-order valence-electron chi connectivity index (χ1n) is 8.64. The van der Waals surface area contributed by atoms with Crippen LogP contribution in [0, 0.1) is 4.77 Å². The van der Waals surface area contributed by atoms with Gasteiger partial charge in [-0.3, -0.25) is 14.2 Å². The maximum absolute atomic E-state index is 12.7. The first kappa shape index (κ1) is 18.3. The number of benzene rings is 1. The molecule has 3 rings (SSSR count). The lowest BCUT2D eigenvalue weighted by Crippen LogP contribution is -2.34. The van der Waals surface area contributed by atoms with Gasteiger partial charge in [0.15, 0.2) is 4.77 Å². The molecule has 1 aromatic heterocycles. The number of methoxy groups -OCH3 is 1. The Bertz CT molecular complexity index is 957. The summed E-state index contributed by atoms with van der Waals surface area (Å²) in [6.45, 7) is 0.210. The monoisotopic (exact) mass is 375 g/mol. The van der Waals surface area contributed by atoms with Gasteiger partial charge in [0.05, 0.1) is 23.6 Å². The number of hydrogen-bond donors (Lipinski definition) is 2. The number of fused-ring (bicyclic) bond motifs is 1. The third kappa shape index (κ3) is 3.85. The Kier molecular flexibility index (Phi) is 5.51. The zero-order chi connectivity index (χ0) is 18.7. The van der Waals surface area contributed by atoms with Gasteiger partial charge < -0.3 is 15.0 Å². The Morgan fingerprint density at radius 3 is 2.77 bits per heavy atom. The van der Waals surface area contributed by atoms with Crippen molar-refractivity contribution in [2.75, 3.05) is 7.11 Å².